The number of anilines is 1. The van der Waals surface area contributed by atoms with Gasteiger partial charge in [-0.25, -0.2) is 0 Å². The first-order valence-corrected chi connectivity index (χ1v) is 6.41. The van der Waals surface area contributed by atoms with Gasteiger partial charge in [0.25, 0.3) is 11.6 Å². The largest absolute Gasteiger partial charge is 0.320 e. The van der Waals surface area contributed by atoms with Crippen LogP contribution in [0, 0.1) is 10.1 Å². The lowest BCUT2D eigenvalue weighted by Gasteiger charge is -1.94. The summed E-state index contributed by atoms with van der Waals surface area (Å²) in [6, 6.07) is 13.2. The van der Waals surface area contributed by atoms with Gasteiger partial charge in [0.15, 0.2) is 5.71 Å². The van der Waals surface area contributed by atoms with Crippen molar-refractivity contribution in [3.05, 3.63) is 69.8 Å². The van der Waals surface area contributed by atoms with Crippen LogP contribution >= 0.6 is 0 Å². The number of carbonyl (C=O) groups is 1. The number of benzene rings is 2. The minimum Gasteiger partial charge on any atom is -0.320 e. The molecule has 0 aliphatic carbocycles. The van der Waals surface area contributed by atoms with Crippen LogP contribution in [-0.2, 0) is 4.79 Å². The number of amides is 1. The number of hydrogen-bond donors (Lipinski definition) is 1. The summed E-state index contributed by atoms with van der Waals surface area (Å²) >= 11 is 0. The van der Waals surface area contributed by atoms with Crippen molar-refractivity contribution in [2.24, 2.45) is 10.2 Å². The van der Waals surface area contributed by atoms with Crippen LogP contribution in [-0.4, -0.2) is 22.8 Å². The highest BCUT2D eigenvalue weighted by Gasteiger charge is 2.25. The van der Waals surface area contributed by atoms with Crippen molar-refractivity contribution in [2.45, 2.75) is 0 Å². The highest BCUT2D eigenvalue weighted by molar-refractivity contribution is 6.53. The maximum Gasteiger partial charge on any atom is 0.276 e. The Morgan fingerprint density at radius 1 is 1.14 bits per heavy atom. The van der Waals surface area contributed by atoms with Crippen LogP contribution in [0.2, 0.25) is 0 Å². The minimum absolute atomic E-state index is 0.0273. The van der Waals surface area contributed by atoms with Gasteiger partial charge in [0.1, 0.15) is 0 Å². The lowest BCUT2D eigenvalue weighted by Crippen LogP contribution is -2.13. The molecule has 3 rings (SSSR count). The molecule has 108 valence electrons. The van der Waals surface area contributed by atoms with E-state index in [0.29, 0.717) is 16.8 Å². The number of carbonyl (C=O) groups excluding carboxylic acids is 1. The van der Waals surface area contributed by atoms with Gasteiger partial charge >= 0.3 is 0 Å². The highest BCUT2D eigenvalue weighted by atomic mass is 16.6. The van der Waals surface area contributed by atoms with Gasteiger partial charge in [0.05, 0.1) is 16.8 Å². The first-order chi connectivity index (χ1) is 10.6. The Labute approximate surface area is 125 Å². The predicted molar refractivity (Wildman–Crippen MR) is 82.3 cm³/mol. The number of hydrogen-bond acceptors (Lipinski definition) is 5. The zero-order valence-electron chi connectivity index (χ0n) is 11.3. The number of nitro groups is 1. The first kappa shape index (κ1) is 13.6. The van der Waals surface area contributed by atoms with E-state index >= 15 is 0 Å². The van der Waals surface area contributed by atoms with E-state index in [2.05, 4.69) is 15.5 Å². The number of fused-ring (bicyclic) bond motifs is 1. The second kappa shape index (κ2) is 5.57. The molecule has 7 heteroatoms. The van der Waals surface area contributed by atoms with Crippen LogP contribution in [0.25, 0.3) is 0 Å². The van der Waals surface area contributed by atoms with Crippen molar-refractivity contribution >= 4 is 29.2 Å². The molecule has 0 fully saturated rings. The van der Waals surface area contributed by atoms with Crippen molar-refractivity contribution in [1.82, 2.24) is 0 Å². The lowest BCUT2D eigenvalue weighted by molar-refractivity contribution is -0.384. The molecule has 0 saturated heterocycles. The van der Waals surface area contributed by atoms with E-state index in [0.717, 1.165) is 0 Å². The molecule has 0 spiro atoms. The standard InChI is InChI=1S/C15H10N4O3/c20-15-14(12-6-1-2-7-13(12)17-15)18-16-9-10-4-3-5-11(8-10)19(21)22/h1-9H,(H,17,18,20). The summed E-state index contributed by atoms with van der Waals surface area (Å²) in [7, 11) is 0. The van der Waals surface area contributed by atoms with Crippen LogP contribution in [0.3, 0.4) is 0 Å². The monoisotopic (exact) mass is 294 g/mol. The van der Waals surface area contributed by atoms with E-state index in [1.54, 1.807) is 30.3 Å². The summed E-state index contributed by atoms with van der Waals surface area (Å²) in [5, 5.41) is 21.2. The smallest absolute Gasteiger partial charge is 0.276 e. The summed E-state index contributed by atoms with van der Waals surface area (Å²) in [6.45, 7) is 0. The second-order valence-electron chi connectivity index (χ2n) is 4.54. The van der Waals surface area contributed by atoms with Crippen LogP contribution < -0.4 is 5.32 Å². The molecule has 0 bridgehead atoms. The van der Waals surface area contributed by atoms with Gasteiger partial charge in [-0.3, -0.25) is 14.9 Å². The molecule has 22 heavy (non-hydrogen) atoms. The molecule has 0 atom stereocenters. The highest BCUT2D eigenvalue weighted by Crippen LogP contribution is 2.22. The van der Waals surface area contributed by atoms with E-state index < -0.39 is 4.92 Å². The number of nitrogens with one attached hydrogen (secondary N) is 1. The molecule has 1 aliphatic rings. The molecule has 7 nitrogen and oxygen atoms in total. The Kier molecular flexibility index (Phi) is 3.45. The van der Waals surface area contributed by atoms with Gasteiger partial charge in [-0.1, -0.05) is 30.3 Å². The topological polar surface area (TPSA) is 97.0 Å². The first-order valence-electron chi connectivity index (χ1n) is 6.41. The van der Waals surface area contributed by atoms with Crippen molar-refractivity contribution in [1.29, 1.82) is 0 Å². The molecule has 1 heterocycles. The van der Waals surface area contributed by atoms with Crippen LogP contribution in [0.4, 0.5) is 11.4 Å². The van der Waals surface area contributed by atoms with Crippen molar-refractivity contribution in [3.8, 4) is 0 Å². The van der Waals surface area contributed by atoms with Gasteiger partial charge < -0.3 is 5.32 Å². The van der Waals surface area contributed by atoms with Crippen molar-refractivity contribution < 1.29 is 9.72 Å². The maximum atomic E-state index is 11.8. The van der Waals surface area contributed by atoms with Crippen LogP contribution in [0.5, 0.6) is 0 Å². The predicted octanol–water partition coefficient (Wildman–Crippen LogP) is 2.37. The van der Waals surface area contributed by atoms with E-state index in [1.807, 2.05) is 6.07 Å². The number of non-ortho nitro benzene ring substituents is 1. The van der Waals surface area contributed by atoms with Gasteiger partial charge in [-0.15, -0.1) is 5.10 Å². The molecule has 1 amide bonds. The van der Waals surface area contributed by atoms with Crippen LogP contribution in [0.1, 0.15) is 11.1 Å². The Morgan fingerprint density at radius 2 is 1.95 bits per heavy atom. The van der Waals surface area contributed by atoms with E-state index in [1.165, 1.54) is 18.3 Å². The van der Waals surface area contributed by atoms with E-state index in [4.69, 9.17) is 0 Å². The molecule has 1 aliphatic heterocycles. The van der Waals surface area contributed by atoms with Crippen molar-refractivity contribution in [2.75, 3.05) is 5.32 Å². The molecule has 1 N–H and O–H groups in total. The average Bonchev–Trinajstić information content (AvgIpc) is 2.84. The second-order valence-corrected chi connectivity index (χ2v) is 4.54. The third kappa shape index (κ3) is 2.59. The minimum atomic E-state index is -0.482. The fourth-order valence-corrected chi connectivity index (χ4v) is 2.07. The Hall–Kier alpha value is -3.35. The number of para-hydroxylation sites is 1. The van der Waals surface area contributed by atoms with Crippen LogP contribution in [0.15, 0.2) is 58.7 Å². The van der Waals surface area contributed by atoms with Gasteiger partial charge in [0.2, 0.25) is 0 Å². The lowest BCUT2D eigenvalue weighted by atomic mass is 10.1. The summed E-state index contributed by atoms with van der Waals surface area (Å²) in [6.07, 6.45) is 1.37. The number of nitro benzene ring substituents is 1. The molecule has 0 aromatic heterocycles. The maximum absolute atomic E-state index is 11.8. The SMILES string of the molecule is O=C1Nc2ccccc2C1=NN=Cc1cccc([N+](=O)[O-])c1. The molecular weight excluding hydrogens is 284 g/mol. The zero-order chi connectivity index (χ0) is 15.5. The number of rotatable bonds is 3. The number of nitrogens with zero attached hydrogens (tertiary/aromatic N) is 3. The molecule has 0 saturated carbocycles. The third-order valence-electron chi connectivity index (χ3n) is 3.09. The normalized spacial score (nSPS) is 15.1. The molecule has 0 radical (unpaired) electrons. The Balaban J connectivity index is 1.86. The molecule has 0 unspecified atom stereocenters. The fourth-order valence-electron chi connectivity index (χ4n) is 2.07. The fraction of sp³-hybridized carbons (Fsp3) is 0. The summed E-state index contributed by atoms with van der Waals surface area (Å²) < 4.78 is 0. The van der Waals surface area contributed by atoms with Gasteiger partial charge in [-0.2, -0.15) is 5.10 Å². The van der Waals surface area contributed by atoms with Gasteiger partial charge in [-0.05, 0) is 6.07 Å². The third-order valence-corrected chi connectivity index (χ3v) is 3.09. The molecule has 2 aromatic carbocycles. The van der Waals surface area contributed by atoms with E-state index in [9.17, 15) is 14.9 Å². The quantitative estimate of drug-likeness (QED) is 0.534. The van der Waals surface area contributed by atoms with Crippen molar-refractivity contribution in [3.63, 3.8) is 0 Å². The van der Waals surface area contributed by atoms with Gasteiger partial charge in [0, 0.05) is 23.3 Å². The Morgan fingerprint density at radius 3 is 2.77 bits per heavy atom. The Bertz CT molecular complexity index is 827. The summed E-state index contributed by atoms with van der Waals surface area (Å²) in [4.78, 5) is 22.0. The molecular formula is C15H10N4O3. The molecule has 2 aromatic rings. The zero-order valence-corrected chi connectivity index (χ0v) is 11.3. The summed E-state index contributed by atoms with van der Waals surface area (Å²) in [5.74, 6) is -0.322. The summed E-state index contributed by atoms with van der Waals surface area (Å²) in [5.41, 5.74) is 2.10. The van der Waals surface area contributed by atoms with E-state index in [-0.39, 0.29) is 17.3 Å². The average molecular weight is 294 g/mol.